The Morgan fingerprint density at radius 3 is 2.83 bits per heavy atom. The number of ether oxygens (including phenoxy) is 1. The second kappa shape index (κ2) is 7.36. The van der Waals surface area contributed by atoms with E-state index in [2.05, 4.69) is 4.98 Å². The molecule has 0 spiro atoms. The molecule has 0 amide bonds. The van der Waals surface area contributed by atoms with Crippen LogP contribution in [0.2, 0.25) is 0 Å². The van der Waals surface area contributed by atoms with Crippen molar-refractivity contribution in [2.45, 2.75) is 43.2 Å². The zero-order valence-electron chi connectivity index (χ0n) is 11.0. The van der Waals surface area contributed by atoms with Crippen LogP contribution in [-0.2, 0) is 4.74 Å². The lowest BCUT2D eigenvalue weighted by atomic mass is 9.94. The van der Waals surface area contributed by atoms with Crippen molar-refractivity contribution in [2.24, 2.45) is 5.92 Å². The molecule has 2 heterocycles. The van der Waals surface area contributed by atoms with Gasteiger partial charge in [0.05, 0.1) is 9.90 Å². The minimum absolute atomic E-state index is 0.692. The van der Waals surface area contributed by atoms with Gasteiger partial charge in [0.15, 0.2) is 5.13 Å². The molecule has 0 unspecified atom stereocenters. The number of thioether (sulfide) groups is 1. The van der Waals surface area contributed by atoms with Crippen molar-refractivity contribution in [3.05, 3.63) is 5.69 Å². The normalized spacial score (nSPS) is 17.2. The second-order valence-electron chi connectivity index (χ2n) is 4.82. The highest BCUT2D eigenvalue weighted by Crippen LogP contribution is 2.31. The molecule has 0 aromatic carbocycles. The Labute approximate surface area is 118 Å². The summed E-state index contributed by atoms with van der Waals surface area (Å²) in [6.45, 7) is 3.98. The quantitative estimate of drug-likeness (QED) is 0.639. The van der Waals surface area contributed by atoms with E-state index in [1.807, 2.05) is 18.7 Å². The van der Waals surface area contributed by atoms with Crippen LogP contribution in [0.3, 0.4) is 0 Å². The van der Waals surface area contributed by atoms with Gasteiger partial charge in [-0.05, 0) is 37.9 Å². The summed E-state index contributed by atoms with van der Waals surface area (Å²) in [7, 11) is 0. The molecule has 18 heavy (non-hydrogen) atoms. The molecule has 1 saturated heterocycles. The molecule has 3 nitrogen and oxygen atoms in total. The van der Waals surface area contributed by atoms with Gasteiger partial charge >= 0.3 is 0 Å². The van der Waals surface area contributed by atoms with Crippen molar-refractivity contribution in [3.63, 3.8) is 0 Å². The molecule has 1 fully saturated rings. The molecule has 102 valence electrons. The molecular weight excluding hydrogens is 264 g/mol. The van der Waals surface area contributed by atoms with Gasteiger partial charge in [-0.25, -0.2) is 4.98 Å². The lowest BCUT2D eigenvalue weighted by molar-refractivity contribution is 0.0633. The fraction of sp³-hybridized carbons (Fsp3) is 0.769. The summed E-state index contributed by atoms with van der Waals surface area (Å²) in [6, 6.07) is 0. The number of nitrogen functional groups attached to an aromatic ring is 1. The number of aromatic nitrogens is 1. The van der Waals surface area contributed by atoms with Gasteiger partial charge in [-0.2, -0.15) is 0 Å². The van der Waals surface area contributed by atoms with Gasteiger partial charge in [-0.3, -0.25) is 0 Å². The third-order valence-corrected chi connectivity index (χ3v) is 5.79. The number of hydrogen-bond donors (Lipinski definition) is 1. The number of hydrogen-bond acceptors (Lipinski definition) is 5. The lowest BCUT2D eigenvalue weighted by Crippen LogP contribution is -2.15. The van der Waals surface area contributed by atoms with Gasteiger partial charge in [0.25, 0.3) is 0 Å². The predicted octanol–water partition coefficient (Wildman–Crippen LogP) is 3.72. The van der Waals surface area contributed by atoms with Gasteiger partial charge in [0.1, 0.15) is 0 Å². The van der Waals surface area contributed by atoms with Crippen LogP contribution in [0.1, 0.15) is 37.8 Å². The number of nitrogens with two attached hydrogens (primary N) is 1. The number of unbranched alkanes of at least 4 members (excludes halogenated alkanes) is 1. The van der Waals surface area contributed by atoms with Gasteiger partial charge in [0.2, 0.25) is 0 Å². The highest BCUT2D eigenvalue weighted by Gasteiger charge is 2.13. The molecular formula is C13H22N2OS2. The Morgan fingerprint density at radius 2 is 2.17 bits per heavy atom. The summed E-state index contributed by atoms with van der Waals surface area (Å²) in [5.74, 6) is 2.09. The van der Waals surface area contributed by atoms with Crippen LogP contribution in [0.5, 0.6) is 0 Å². The zero-order valence-corrected chi connectivity index (χ0v) is 12.6. The Hall–Kier alpha value is -0.260. The molecule has 2 rings (SSSR count). The third-order valence-electron chi connectivity index (χ3n) is 3.35. The van der Waals surface area contributed by atoms with E-state index >= 15 is 0 Å². The van der Waals surface area contributed by atoms with Crippen molar-refractivity contribution >= 4 is 28.2 Å². The van der Waals surface area contributed by atoms with E-state index in [0.29, 0.717) is 5.13 Å². The van der Waals surface area contributed by atoms with Crippen molar-refractivity contribution < 1.29 is 4.74 Å². The topological polar surface area (TPSA) is 48.1 Å². The van der Waals surface area contributed by atoms with Crippen LogP contribution in [0.15, 0.2) is 4.21 Å². The summed E-state index contributed by atoms with van der Waals surface area (Å²) >= 11 is 3.52. The Bertz CT molecular complexity index is 362. The summed E-state index contributed by atoms with van der Waals surface area (Å²) in [5, 5.41) is 0.692. The van der Waals surface area contributed by atoms with Gasteiger partial charge in [-0.1, -0.05) is 24.2 Å². The summed E-state index contributed by atoms with van der Waals surface area (Å²) in [5.41, 5.74) is 6.78. The fourth-order valence-corrected chi connectivity index (χ4v) is 4.37. The van der Waals surface area contributed by atoms with Crippen LogP contribution in [-0.4, -0.2) is 24.0 Å². The van der Waals surface area contributed by atoms with Crippen molar-refractivity contribution in [1.82, 2.24) is 4.98 Å². The fourth-order valence-electron chi connectivity index (χ4n) is 2.27. The number of nitrogens with zero attached hydrogens (tertiary/aromatic N) is 1. The number of anilines is 1. The minimum Gasteiger partial charge on any atom is -0.381 e. The Morgan fingerprint density at radius 1 is 1.39 bits per heavy atom. The van der Waals surface area contributed by atoms with Crippen molar-refractivity contribution in [1.29, 1.82) is 0 Å². The first-order valence-electron chi connectivity index (χ1n) is 6.69. The maximum absolute atomic E-state index is 5.69. The van der Waals surface area contributed by atoms with Crippen LogP contribution in [0.25, 0.3) is 0 Å². The van der Waals surface area contributed by atoms with E-state index in [9.17, 15) is 0 Å². The van der Waals surface area contributed by atoms with Crippen molar-refractivity contribution in [2.75, 3.05) is 24.7 Å². The molecule has 1 aliphatic heterocycles. The van der Waals surface area contributed by atoms with E-state index in [1.165, 1.54) is 42.1 Å². The highest BCUT2D eigenvalue weighted by atomic mass is 32.2. The first kappa shape index (κ1) is 14.2. The molecule has 0 radical (unpaired) electrons. The SMILES string of the molecule is Cc1nc(N)sc1SCCCCC1CCOCC1. The smallest absolute Gasteiger partial charge is 0.181 e. The number of rotatable bonds is 6. The van der Waals surface area contributed by atoms with Gasteiger partial charge in [0, 0.05) is 13.2 Å². The molecule has 0 atom stereocenters. The van der Waals surface area contributed by atoms with E-state index in [4.69, 9.17) is 10.5 Å². The molecule has 0 saturated carbocycles. The van der Waals surface area contributed by atoms with Crippen LogP contribution < -0.4 is 5.73 Å². The van der Waals surface area contributed by atoms with Crippen LogP contribution in [0.4, 0.5) is 5.13 Å². The number of aryl methyl sites for hydroxylation is 1. The molecule has 2 N–H and O–H groups in total. The number of thiazole rings is 1. The second-order valence-corrected chi connectivity index (χ2v) is 7.22. The third kappa shape index (κ3) is 4.44. The zero-order chi connectivity index (χ0) is 12.8. The molecule has 0 aliphatic carbocycles. The average molecular weight is 286 g/mol. The monoisotopic (exact) mass is 286 g/mol. The van der Waals surface area contributed by atoms with Crippen LogP contribution in [0, 0.1) is 12.8 Å². The maximum atomic E-state index is 5.69. The molecule has 1 aliphatic rings. The molecule has 0 bridgehead atoms. The summed E-state index contributed by atoms with van der Waals surface area (Å²) < 4.78 is 6.67. The largest absolute Gasteiger partial charge is 0.381 e. The molecule has 1 aromatic rings. The van der Waals surface area contributed by atoms with Gasteiger partial charge < -0.3 is 10.5 Å². The lowest BCUT2D eigenvalue weighted by Gasteiger charge is -2.21. The first-order valence-corrected chi connectivity index (χ1v) is 8.49. The highest BCUT2D eigenvalue weighted by molar-refractivity contribution is 8.01. The molecule has 5 heteroatoms. The van der Waals surface area contributed by atoms with E-state index in [0.717, 1.165) is 24.8 Å². The standard InChI is InChI=1S/C13H22N2OS2/c1-10-12(18-13(14)15-10)17-9-3-2-4-11-5-7-16-8-6-11/h11H,2-9H2,1H3,(H2,14,15). The van der Waals surface area contributed by atoms with E-state index in [-0.39, 0.29) is 0 Å². The van der Waals surface area contributed by atoms with Gasteiger partial charge in [-0.15, -0.1) is 11.8 Å². The Kier molecular flexibility index (Phi) is 5.79. The maximum Gasteiger partial charge on any atom is 0.181 e. The van der Waals surface area contributed by atoms with E-state index in [1.54, 1.807) is 11.3 Å². The van der Waals surface area contributed by atoms with Crippen molar-refractivity contribution in [3.8, 4) is 0 Å². The van der Waals surface area contributed by atoms with Crippen LogP contribution >= 0.6 is 23.1 Å². The van der Waals surface area contributed by atoms with E-state index < -0.39 is 0 Å². The predicted molar refractivity (Wildman–Crippen MR) is 79.4 cm³/mol. The average Bonchev–Trinajstić information content (AvgIpc) is 2.69. The summed E-state index contributed by atoms with van der Waals surface area (Å²) in [4.78, 5) is 4.24. The first-order chi connectivity index (χ1) is 8.75. The molecule has 1 aromatic heterocycles. The Balaban J connectivity index is 1.57. The summed E-state index contributed by atoms with van der Waals surface area (Å²) in [6.07, 6.45) is 6.52. The minimum atomic E-state index is 0.692.